The number of likely N-dealkylation sites (N-methyl/N-ethyl adjacent to an activating group) is 1. The van der Waals surface area contributed by atoms with Crippen molar-refractivity contribution < 1.29 is 4.39 Å². The van der Waals surface area contributed by atoms with Gasteiger partial charge in [-0.05, 0) is 56.9 Å². The minimum absolute atomic E-state index is 0.196. The third-order valence-electron chi connectivity index (χ3n) is 4.82. The van der Waals surface area contributed by atoms with Gasteiger partial charge in [0, 0.05) is 25.7 Å². The lowest BCUT2D eigenvalue weighted by molar-refractivity contribution is 0.316. The molecule has 0 unspecified atom stereocenters. The van der Waals surface area contributed by atoms with Crippen molar-refractivity contribution in [1.82, 2.24) is 15.1 Å². The lowest BCUT2D eigenvalue weighted by atomic mass is 9.97. The van der Waals surface area contributed by atoms with Gasteiger partial charge in [-0.25, -0.2) is 4.39 Å². The summed E-state index contributed by atoms with van der Waals surface area (Å²) in [4.78, 5) is 4.37. The van der Waals surface area contributed by atoms with Gasteiger partial charge in [0.25, 0.3) is 0 Å². The van der Waals surface area contributed by atoms with Crippen LogP contribution in [-0.4, -0.2) is 48.1 Å². The van der Waals surface area contributed by atoms with Gasteiger partial charge in [-0.1, -0.05) is 44.2 Å². The number of nitrogens with zero attached hydrogens (tertiary/aromatic N) is 2. The van der Waals surface area contributed by atoms with Gasteiger partial charge in [0.15, 0.2) is 5.11 Å². The highest BCUT2D eigenvalue weighted by Crippen LogP contribution is 2.17. The summed E-state index contributed by atoms with van der Waals surface area (Å²) < 4.78 is 13.2. The van der Waals surface area contributed by atoms with E-state index in [1.54, 1.807) is 0 Å². The monoisotopic (exact) mass is 365 g/mol. The van der Waals surface area contributed by atoms with E-state index < -0.39 is 0 Å². The molecule has 1 aliphatic carbocycles. The second-order valence-corrected chi connectivity index (χ2v) is 7.73. The topological polar surface area (TPSA) is 18.5 Å². The highest BCUT2D eigenvalue weighted by molar-refractivity contribution is 7.80. The van der Waals surface area contributed by atoms with E-state index in [2.05, 4.69) is 29.2 Å². The Kier molecular flexibility index (Phi) is 8.62. The maximum absolute atomic E-state index is 13.2. The minimum Gasteiger partial charge on any atom is -0.360 e. The summed E-state index contributed by atoms with van der Waals surface area (Å²) in [5.74, 6) is -0.196. The van der Waals surface area contributed by atoms with Gasteiger partial charge in [-0.15, -0.1) is 0 Å². The van der Waals surface area contributed by atoms with E-state index >= 15 is 0 Å². The number of hydrogen-bond donors (Lipinski definition) is 1. The zero-order chi connectivity index (χ0) is 18.1. The van der Waals surface area contributed by atoms with Crippen LogP contribution in [0.2, 0.25) is 0 Å². The Morgan fingerprint density at radius 2 is 1.64 bits per heavy atom. The van der Waals surface area contributed by atoms with Gasteiger partial charge in [0.1, 0.15) is 5.82 Å². The van der Waals surface area contributed by atoms with E-state index in [0.717, 1.165) is 23.8 Å². The first kappa shape index (κ1) is 20.1. The Labute approximate surface area is 157 Å². The predicted molar refractivity (Wildman–Crippen MR) is 107 cm³/mol. The fourth-order valence-corrected chi connectivity index (χ4v) is 3.57. The summed E-state index contributed by atoms with van der Waals surface area (Å²) in [7, 11) is 4.14. The van der Waals surface area contributed by atoms with Crippen LogP contribution in [-0.2, 0) is 6.54 Å². The van der Waals surface area contributed by atoms with Gasteiger partial charge >= 0.3 is 0 Å². The highest BCUT2D eigenvalue weighted by Gasteiger charge is 2.16. The van der Waals surface area contributed by atoms with Crippen molar-refractivity contribution in [2.75, 3.05) is 27.2 Å². The molecule has 1 aromatic carbocycles. The number of thiocarbonyl (C=S) groups is 1. The molecule has 1 aliphatic rings. The van der Waals surface area contributed by atoms with Crippen LogP contribution in [0, 0.1) is 5.82 Å². The first-order chi connectivity index (χ1) is 12.0. The van der Waals surface area contributed by atoms with E-state index in [1.165, 1.54) is 57.1 Å². The van der Waals surface area contributed by atoms with Crippen LogP contribution < -0.4 is 5.32 Å². The highest BCUT2D eigenvalue weighted by atomic mass is 32.1. The second kappa shape index (κ2) is 10.7. The zero-order valence-electron chi connectivity index (χ0n) is 15.6. The third-order valence-corrected chi connectivity index (χ3v) is 5.20. The molecule has 0 bridgehead atoms. The van der Waals surface area contributed by atoms with E-state index in [0.29, 0.717) is 12.6 Å². The first-order valence-corrected chi connectivity index (χ1v) is 9.90. The number of hydrogen-bond acceptors (Lipinski definition) is 2. The summed E-state index contributed by atoms with van der Waals surface area (Å²) in [5, 5.41) is 4.44. The molecule has 3 nitrogen and oxygen atoms in total. The summed E-state index contributed by atoms with van der Waals surface area (Å²) in [5.41, 5.74) is 1.09. The Morgan fingerprint density at radius 3 is 2.24 bits per heavy atom. The van der Waals surface area contributed by atoms with Crippen molar-refractivity contribution in [3.8, 4) is 0 Å². The summed E-state index contributed by atoms with van der Waals surface area (Å²) >= 11 is 5.73. The Balaban J connectivity index is 1.96. The van der Waals surface area contributed by atoms with Crippen LogP contribution in [0.25, 0.3) is 0 Å². The van der Waals surface area contributed by atoms with Crippen LogP contribution in [0.1, 0.15) is 50.5 Å². The quantitative estimate of drug-likeness (QED) is 0.762. The summed E-state index contributed by atoms with van der Waals surface area (Å²) in [6.45, 7) is 2.52. The zero-order valence-corrected chi connectivity index (χ0v) is 16.5. The molecule has 0 radical (unpaired) electrons. The van der Waals surface area contributed by atoms with Crippen LogP contribution in [0.15, 0.2) is 24.3 Å². The van der Waals surface area contributed by atoms with Gasteiger partial charge < -0.3 is 15.1 Å². The van der Waals surface area contributed by atoms with Crippen molar-refractivity contribution in [3.63, 3.8) is 0 Å². The normalized spacial score (nSPS) is 16.3. The van der Waals surface area contributed by atoms with Crippen molar-refractivity contribution in [1.29, 1.82) is 0 Å². The van der Waals surface area contributed by atoms with Gasteiger partial charge in [0.2, 0.25) is 0 Å². The molecule has 2 rings (SSSR count). The molecule has 140 valence electrons. The molecule has 0 aromatic heterocycles. The molecule has 1 saturated carbocycles. The molecular formula is C20H32FN3S. The molecule has 5 heteroatoms. The molecule has 1 N–H and O–H groups in total. The average Bonchev–Trinajstić information content (AvgIpc) is 2.55. The lowest BCUT2D eigenvalue weighted by Gasteiger charge is -2.31. The van der Waals surface area contributed by atoms with Crippen molar-refractivity contribution >= 4 is 17.3 Å². The lowest BCUT2D eigenvalue weighted by Crippen LogP contribution is -2.46. The second-order valence-electron chi connectivity index (χ2n) is 7.34. The summed E-state index contributed by atoms with van der Waals surface area (Å²) in [6, 6.07) is 7.21. The number of nitrogens with one attached hydrogen (secondary N) is 1. The van der Waals surface area contributed by atoms with Crippen molar-refractivity contribution in [2.45, 2.75) is 57.5 Å². The molecule has 0 spiro atoms. The van der Waals surface area contributed by atoms with Crippen LogP contribution in [0.3, 0.4) is 0 Å². The predicted octanol–water partition coefficient (Wildman–Crippen LogP) is 4.18. The SMILES string of the molecule is CN(C)CCN(Cc1ccc(F)cc1)C(=S)NC1CCCCCCC1. The maximum atomic E-state index is 13.2. The van der Waals surface area contributed by atoms with Gasteiger partial charge in [-0.2, -0.15) is 0 Å². The molecule has 0 atom stereocenters. The maximum Gasteiger partial charge on any atom is 0.169 e. The first-order valence-electron chi connectivity index (χ1n) is 9.49. The Bertz CT molecular complexity index is 510. The van der Waals surface area contributed by atoms with E-state index in [1.807, 2.05) is 12.1 Å². The largest absolute Gasteiger partial charge is 0.360 e. The summed E-state index contributed by atoms with van der Waals surface area (Å²) in [6.07, 6.45) is 9.04. The van der Waals surface area contributed by atoms with E-state index in [4.69, 9.17) is 12.2 Å². The van der Waals surface area contributed by atoms with Gasteiger partial charge in [0.05, 0.1) is 0 Å². The molecule has 0 amide bonds. The number of benzene rings is 1. The van der Waals surface area contributed by atoms with E-state index in [9.17, 15) is 4.39 Å². The molecule has 0 aliphatic heterocycles. The third kappa shape index (κ3) is 7.70. The molecule has 1 aromatic rings. The average molecular weight is 366 g/mol. The standard InChI is InChI=1S/C20H32FN3S/c1-23(2)14-15-24(16-17-10-12-18(21)13-11-17)20(25)22-19-8-6-4-3-5-7-9-19/h10-13,19H,3-9,14-16H2,1-2H3,(H,22,25). The Morgan fingerprint density at radius 1 is 1.04 bits per heavy atom. The van der Waals surface area contributed by atoms with Gasteiger partial charge in [-0.3, -0.25) is 0 Å². The molecule has 1 fully saturated rings. The number of rotatable bonds is 6. The molecule has 0 saturated heterocycles. The van der Waals surface area contributed by atoms with Crippen LogP contribution >= 0.6 is 12.2 Å². The Hall–Kier alpha value is -1.20. The smallest absolute Gasteiger partial charge is 0.169 e. The fourth-order valence-electron chi connectivity index (χ4n) is 3.25. The molecular weight excluding hydrogens is 333 g/mol. The van der Waals surface area contributed by atoms with Crippen LogP contribution in [0.5, 0.6) is 0 Å². The minimum atomic E-state index is -0.196. The van der Waals surface area contributed by atoms with Crippen molar-refractivity contribution in [3.05, 3.63) is 35.6 Å². The number of halogens is 1. The van der Waals surface area contributed by atoms with E-state index in [-0.39, 0.29) is 5.82 Å². The fraction of sp³-hybridized carbons (Fsp3) is 0.650. The van der Waals surface area contributed by atoms with Crippen molar-refractivity contribution in [2.24, 2.45) is 0 Å². The molecule has 25 heavy (non-hydrogen) atoms. The molecule has 0 heterocycles. The van der Waals surface area contributed by atoms with Crippen LogP contribution in [0.4, 0.5) is 4.39 Å².